The van der Waals surface area contributed by atoms with Crippen molar-refractivity contribution in [1.82, 2.24) is 4.90 Å². The summed E-state index contributed by atoms with van der Waals surface area (Å²) >= 11 is 0. The summed E-state index contributed by atoms with van der Waals surface area (Å²) in [6, 6.07) is 13.1. The van der Waals surface area contributed by atoms with Gasteiger partial charge < -0.3 is 24.8 Å². The molecule has 7 nitrogen and oxygen atoms in total. The zero-order valence-corrected chi connectivity index (χ0v) is 16.6. The first-order chi connectivity index (χ1) is 14.6. The monoisotopic (exact) mass is 408 g/mol. The van der Waals surface area contributed by atoms with Crippen LogP contribution in [0.1, 0.15) is 30.0 Å². The number of benzene rings is 2. The predicted octanol–water partition coefficient (Wildman–Crippen LogP) is 2.70. The van der Waals surface area contributed by atoms with Crippen LogP contribution in [0.3, 0.4) is 0 Å². The van der Waals surface area contributed by atoms with Crippen molar-refractivity contribution >= 4 is 17.9 Å². The Morgan fingerprint density at radius 2 is 1.87 bits per heavy atom. The molecular weight excluding hydrogens is 384 g/mol. The molecule has 2 aromatic carbocycles. The Morgan fingerprint density at radius 3 is 2.63 bits per heavy atom. The second kappa shape index (κ2) is 8.90. The summed E-state index contributed by atoms with van der Waals surface area (Å²) in [5.41, 5.74) is 7.00. The van der Waals surface area contributed by atoms with E-state index in [0.29, 0.717) is 19.0 Å². The third-order valence-electron chi connectivity index (χ3n) is 5.17. The van der Waals surface area contributed by atoms with Crippen LogP contribution in [-0.4, -0.2) is 43.1 Å². The summed E-state index contributed by atoms with van der Waals surface area (Å²) in [6.07, 6.45) is 5.25. The van der Waals surface area contributed by atoms with E-state index in [4.69, 9.17) is 19.9 Å². The third kappa shape index (κ3) is 4.56. The van der Waals surface area contributed by atoms with Crippen LogP contribution in [0, 0.1) is 0 Å². The zero-order valence-electron chi connectivity index (χ0n) is 16.6. The maximum Gasteiger partial charge on any atom is 0.255 e. The molecule has 0 saturated carbocycles. The maximum absolute atomic E-state index is 12.8. The van der Waals surface area contributed by atoms with Crippen LogP contribution in [-0.2, 0) is 9.59 Å². The van der Waals surface area contributed by atoms with Crippen LogP contribution in [0.15, 0.2) is 48.5 Å². The Kier molecular flexibility index (Phi) is 5.88. The van der Waals surface area contributed by atoms with E-state index in [2.05, 4.69) is 0 Å². The molecule has 4 rings (SSSR count). The first kappa shape index (κ1) is 19.8. The van der Waals surface area contributed by atoms with Gasteiger partial charge in [0, 0.05) is 12.6 Å². The minimum Gasteiger partial charge on any atom is -0.486 e. The standard InChI is InChI=1S/C23H24N2O5/c24-22(26)15-30-18-7-3-16(4-8-18)5-10-23(27)25-11-1-2-19(25)17-6-9-20-21(14-17)29-13-12-28-20/h3-10,14,19H,1-2,11-13,15H2,(H2,24,26). The summed E-state index contributed by atoms with van der Waals surface area (Å²) < 4.78 is 16.5. The molecule has 30 heavy (non-hydrogen) atoms. The molecule has 2 heterocycles. The van der Waals surface area contributed by atoms with E-state index in [1.807, 2.05) is 35.2 Å². The highest BCUT2D eigenvalue weighted by Gasteiger charge is 2.29. The van der Waals surface area contributed by atoms with Crippen LogP contribution in [0.2, 0.25) is 0 Å². The number of carbonyl (C=O) groups excluding carboxylic acids is 2. The van der Waals surface area contributed by atoms with Crippen LogP contribution in [0.4, 0.5) is 0 Å². The minimum atomic E-state index is -0.525. The Bertz CT molecular complexity index is 955. The van der Waals surface area contributed by atoms with E-state index in [1.165, 1.54) is 0 Å². The molecular formula is C23H24N2O5. The number of carbonyl (C=O) groups is 2. The topological polar surface area (TPSA) is 91.1 Å². The van der Waals surface area contributed by atoms with E-state index in [0.717, 1.165) is 42.0 Å². The van der Waals surface area contributed by atoms with Crippen LogP contribution in [0.5, 0.6) is 17.2 Å². The number of nitrogens with zero attached hydrogens (tertiary/aromatic N) is 1. The molecule has 0 spiro atoms. The zero-order chi connectivity index (χ0) is 20.9. The van der Waals surface area contributed by atoms with Gasteiger partial charge in [-0.3, -0.25) is 9.59 Å². The van der Waals surface area contributed by atoms with Gasteiger partial charge in [-0.05, 0) is 54.3 Å². The van der Waals surface area contributed by atoms with Gasteiger partial charge in [0.1, 0.15) is 19.0 Å². The van der Waals surface area contributed by atoms with Crippen LogP contribution >= 0.6 is 0 Å². The van der Waals surface area contributed by atoms with Gasteiger partial charge in [0.2, 0.25) is 5.91 Å². The molecule has 1 unspecified atom stereocenters. The molecule has 2 amide bonds. The fraction of sp³-hybridized carbons (Fsp3) is 0.304. The summed E-state index contributed by atoms with van der Waals surface area (Å²) in [7, 11) is 0. The lowest BCUT2D eigenvalue weighted by molar-refractivity contribution is -0.126. The highest BCUT2D eigenvalue weighted by atomic mass is 16.6. The van der Waals surface area contributed by atoms with Crippen molar-refractivity contribution in [2.24, 2.45) is 5.73 Å². The molecule has 0 aromatic heterocycles. The van der Waals surface area contributed by atoms with Crippen molar-refractivity contribution in [2.75, 3.05) is 26.4 Å². The van der Waals surface area contributed by atoms with E-state index in [1.54, 1.807) is 24.3 Å². The molecule has 0 aliphatic carbocycles. The number of likely N-dealkylation sites (tertiary alicyclic amines) is 1. The van der Waals surface area contributed by atoms with Crippen molar-refractivity contribution in [3.63, 3.8) is 0 Å². The Balaban J connectivity index is 1.42. The number of ether oxygens (including phenoxy) is 3. The number of fused-ring (bicyclic) bond motifs is 1. The van der Waals surface area contributed by atoms with Crippen LogP contribution < -0.4 is 19.9 Å². The largest absolute Gasteiger partial charge is 0.486 e. The summed E-state index contributed by atoms with van der Waals surface area (Å²) in [4.78, 5) is 25.5. The molecule has 0 radical (unpaired) electrons. The smallest absolute Gasteiger partial charge is 0.255 e. The van der Waals surface area contributed by atoms with E-state index in [9.17, 15) is 9.59 Å². The molecule has 2 N–H and O–H groups in total. The highest BCUT2D eigenvalue weighted by molar-refractivity contribution is 5.92. The quantitative estimate of drug-likeness (QED) is 0.742. The normalized spacial score (nSPS) is 17.9. The molecule has 2 aliphatic heterocycles. The average molecular weight is 408 g/mol. The van der Waals surface area contributed by atoms with E-state index >= 15 is 0 Å². The Labute approximate surface area is 175 Å². The molecule has 2 aromatic rings. The first-order valence-corrected chi connectivity index (χ1v) is 9.99. The van der Waals surface area contributed by atoms with Crippen molar-refractivity contribution < 1.29 is 23.8 Å². The minimum absolute atomic E-state index is 0.0264. The summed E-state index contributed by atoms with van der Waals surface area (Å²) in [5.74, 6) is 1.50. The first-order valence-electron chi connectivity index (χ1n) is 9.99. The average Bonchev–Trinajstić information content (AvgIpc) is 3.26. The lowest BCUT2D eigenvalue weighted by Gasteiger charge is -2.26. The van der Waals surface area contributed by atoms with Gasteiger partial charge in [-0.1, -0.05) is 18.2 Å². The molecule has 1 saturated heterocycles. The van der Waals surface area contributed by atoms with Gasteiger partial charge >= 0.3 is 0 Å². The SMILES string of the molecule is NC(=O)COc1ccc(C=CC(=O)N2CCCC2c2ccc3c(c2)OCCO3)cc1. The number of primary amides is 1. The number of hydrogen-bond donors (Lipinski definition) is 1. The predicted molar refractivity (Wildman–Crippen MR) is 111 cm³/mol. The van der Waals surface area contributed by atoms with Gasteiger partial charge in [0.15, 0.2) is 18.1 Å². The van der Waals surface area contributed by atoms with Gasteiger partial charge in [0.25, 0.3) is 5.91 Å². The number of amides is 2. The van der Waals surface area contributed by atoms with Crippen molar-refractivity contribution in [1.29, 1.82) is 0 Å². The van der Waals surface area contributed by atoms with Gasteiger partial charge in [0.05, 0.1) is 6.04 Å². The summed E-state index contributed by atoms with van der Waals surface area (Å²) in [5, 5.41) is 0. The van der Waals surface area contributed by atoms with Crippen molar-refractivity contribution in [3.8, 4) is 17.2 Å². The maximum atomic E-state index is 12.8. The third-order valence-corrected chi connectivity index (χ3v) is 5.17. The second-order valence-electron chi connectivity index (χ2n) is 7.25. The van der Waals surface area contributed by atoms with Gasteiger partial charge in [-0.25, -0.2) is 0 Å². The number of nitrogens with two attached hydrogens (primary N) is 1. The Morgan fingerprint density at radius 1 is 1.10 bits per heavy atom. The lowest BCUT2D eigenvalue weighted by Crippen LogP contribution is -2.29. The Hall–Kier alpha value is -3.48. The molecule has 0 bridgehead atoms. The molecule has 1 fully saturated rings. The van der Waals surface area contributed by atoms with Gasteiger partial charge in [-0.15, -0.1) is 0 Å². The fourth-order valence-corrected chi connectivity index (χ4v) is 3.74. The highest BCUT2D eigenvalue weighted by Crippen LogP contribution is 2.38. The molecule has 7 heteroatoms. The summed E-state index contributed by atoms with van der Waals surface area (Å²) in [6.45, 7) is 1.66. The molecule has 156 valence electrons. The molecule has 2 aliphatic rings. The molecule has 1 atom stereocenters. The van der Waals surface area contributed by atoms with E-state index < -0.39 is 5.91 Å². The number of hydrogen-bond acceptors (Lipinski definition) is 5. The fourth-order valence-electron chi connectivity index (χ4n) is 3.74. The second-order valence-corrected chi connectivity index (χ2v) is 7.25. The number of rotatable bonds is 6. The lowest BCUT2D eigenvalue weighted by atomic mass is 10.0. The van der Waals surface area contributed by atoms with E-state index in [-0.39, 0.29) is 18.6 Å². The van der Waals surface area contributed by atoms with Crippen molar-refractivity contribution in [3.05, 3.63) is 59.7 Å². The van der Waals surface area contributed by atoms with Crippen molar-refractivity contribution in [2.45, 2.75) is 18.9 Å². The van der Waals surface area contributed by atoms with Crippen LogP contribution in [0.25, 0.3) is 6.08 Å². The van der Waals surface area contributed by atoms with Gasteiger partial charge in [-0.2, -0.15) is 0 Å².